The van der Waals surface area contributed by atoms with Crippen molar-refractivity contribution in [2.24, 2.45) is 0 Å². The van der Waals surface area contributed by atoms with Gasteiger partial charge in [0.15, 0.2) is 0 Å². The molecule has 1 aromatic heterocycles. The Morgan fingerprint density at radius 2 is 2.32 bits per heavy atom. The number of rotatable bonds is 2. The van der Waals surface area contributed by atoms with E-state index < -0.39 is 0 Å². The third kappa shape index (κ3) is 2.13. The average Bonchev–Trinajstić information content (AvgIpc) is 2.96. The van der Waals surface area contributed by atoms with Crippen molar-refractivity contribution >= 4 is 22.6 Å². The van der Waals surface area contributed by atoms with E-state index in [1.165, 1.54) is 6.07 Å². The van der Waals surface area contributed by atoms with E-state index in [1.54, 1.807) is 6.92 Å². The number of hydrogen-bond acceptors (Lipinski definition) is 2. The van der Waals surface area contributed by atoms with E-state index in [2.05, 4.69) is 9.55 Å². The van der Waals surface area contributed by atoms with E-state index in [0.29, 0.717) is 17.7 Å². The van der Waals surface area contributed by atoms with Gasteiger partial charge in [-0.15, -0.1) is 11.6 Å². The molecule has 2 heterocycles. The van der Waals surface area contributed by atoms with Gasteiger partial charge in [0.2, 0.25) is 0 Å². The van der Waals surface area contributed by atoms with Crippen LogP contribution < -0.4 is 0 Å². The summed E-state index contributed by atoms with van der Waals surface area (Å²) in [5, 5.41) is -0.212. The van der Waals surface area contributed by atoms with Crippen LogP contribution in [0.25, 0.3) is 11.0 Å². The lowest BCUT2D eigenvalue weighted by Crippen LogP contribution is -2.12. The number of nitrogens with zero attached hydrogens (tertiary/aromatic N) is 2. The molecule has 102 valence electrons. The fourth-order valence-electron chi connectivity index (χ4n) is 2.63. The van der Waals surface area contributed by atoms with E-state index in [4.69, 9.17) is 16.3 Å². The molecule has 0 bridgehead atoms. The van der Waals surface area contributed by atoms with Crippen molar-refractivity contribution in [2.75, 3.05) is 13.2 Å². The number of imidazole rings is 1. The highest BCUT2D eigenvalue weighted by atomic mass is 35.5. The fraction of sp³-hybridized carbons (Fsp3) is 0.500. The van der Waals surface area contributed by atoms with E-state index in [-0.39, 0.29) is 17.2 Å². The van der Waals surface area contributed by atoms with Crippen molar-refractivity contribution < 1.29 is 9.13 Å². The van der Waals surface area contributed by atoms with Gasteiger partial charge in [0.05, 0.1) is 29.1 Å². The summed E-state index contributed by atoms with van der Waals surface area (Å²) in [5.41, 5.74) is 2.23. The largest absolute Gasteiger partial charge is 0.379 e. The summed E-state index contributed by atoms with van der Waals surface area (Å²) in [5.74, 6) is 0.561. The number of halogens is 2. The molecule has 0 saturated carbocycles. The van der Waals surface area contributed by atoms with Crippen molar-refractivity contribution in [1.82, 2.24) is 9.55 Å². The first kappa shape index (κ1) is 12.9. The van der Waals surface area contributed by atoms with E-state index >= 15 is 0 Å². The quantitative estimate of drug-likeness (QED) is 0.785. The minimum Gasteiger partial charge on any atom is -0.379 e. The molecule has 3 nitrogen and oxygen atoms in total. The Kier molecular flexibility index (Phi) is 3.23. The maximum absolute atomic E-state index is 13.7. The Morgan fingerprint density at radius 1 is 1.53 bits per heavy atom. The summed E-state index contributed by atoms with van der Waals surface area (Å²) in [6.07, 6.45) is 0.943. The van der Waals surface area contributed by atoms with Gasteiger partial charge in [0.1, 0.15) is 11.6 Å². The van der Waals surface area contributed by atoms with Gasteiger partial charge in [0.25, 0.3) is 0 Å². The molecule has 2 atom stereocenters. The highest BCUT2D eigenvalue weighted by molar-refractivity contribution is 6.20. The van der Waals surface area contributed by atoms with Gasteiger partial charge in [-0.2, -0.15) is 0 Å². The lowest BCUT2D eigenvalue weighted by molar-refractivity contribution is 0.186. The Morgan fingerprint density at radius 3 is 2.95 bits per heavy atom. The van der Waals surface area contributed by atoms with Crippen molar-refractivity contribution in [3.8, 4) is 0 Å². The van der Waals surface area contributed by atoms with E-state index in [0.717, 1.165) is 24.4 Å². The van der Waals surface area contributed by atoms with Crippen LogP contribution in [0.3, 0.4) is 0 Å². The van der Waals surface area contributed by atoms with Gasteiger partial charge in [0, 0.05) is 12.7 Å². The molecule has 3 rings (SSSR count). The molecule has 1 aliphatic rings. The second kappa shape index (κ2) is 4.76. The highest BCUT2D eigenvalue weighted by Gasteiger charge is 2.25. The molecule has 19 heavy (non-hydrogen) atoms. The zero-order chi connectivity index (χ0) is 13.6. The molecule has 5 heteroatoms. The lowest BCUT2D eigenvalue weighted by atomic mass is 10.2. The van der Waals surface area contributed by atoms with Crippen LogP contribution in [0.5, 0.6) is 0 Å². The third-order valence-electron chi connectivity index (χ3n) is 3.62. The molecule has 1 fully saturated rings. The number of aromatic nitrogens is 2. The molecule has 2 aromatic rings. The Balaban J connectivity index is 2.25. The van der Waals surface area contributed by atoms with Crippen molar-refractivity contribution in [3.05, 3.63) is 29.3 Å². The number of benzene rings is 1. The Hall–Kier alpha value is -1.13. The van der Waals surface area contributed by atoms with Gasteiger partial charge >= 0.3 is 0 Å². The monoisotopic (exact) mass is 282 g/mol. The second-order valence-corrected chi connectivity index (χ2v) is 5.72. The Bertz CT molecular complexity index is 617. The molecule has 0 aliphatic carbocycles. The first-order chi connectivity index (χ1) is 9.08. The molecule has 1 aromatic carbocycles. The maximum atomic E-state index is 13.7. The number of aryl methyl sites for hydroxylation is 1. The van der Waals surface area contributed by atoms with Gasteiger partial charge < -0.3 is 9.30 Å². The number of ether oxygens (including phenoxy) is 1. The SMILES string of the molecule is Cc1cc2c(cc1F)nc(C(C)Cl)n2C1CCOC1. The normalized spacial score (nSPS) is 21.2. The molecule has 2 unspecified atom stereocenters. The summed E-state index contributed by atoms with van der Waals surface area (Å²) in [6, 6.07) is 3.57. The molecule has 0 radical (unpaired) electrons. The minimum atomic E-state index is -0.228. The molecular formula is C14H16ClFN2O. The average molecular weight is 283 g/mol. The first-order valence-electron chi connectivity index (χ1n) is 6.47. The molecule has 0 N–H and O–H groups in total. The minimum absolute atomic E-state index is 0.212. The van der Waals surface area contributed by atoms with Crippen LogP contribution in [0.1, 0.15) is 36.2 Å². The first-order valence-corrected chi connectivity index (χ1v) is 6.91. The van der Waals surface area contributed by atoms with Gasteiger partial charge in [-0.3, -0.25) is 0 Å². The summed E-state index contributed by atoms with van der Waals surface area (Å²) in [4.78, 5) is 4.49. The highest BCUT2D eigenvalue weighted by Crippen LogP contribution is 2.32. The van der Waals surface area contributed by atoms with E-state index in [1.807, 2.05) is 13.0 Å². The lowest BCUT2D eigenvalue weighted by Gasteiger charge is -2.16. The molecule has 1 aliphatic heterocycles. The molecule has 0 spiro atoms. The number of fused-ring (bicyclic) bond motifs is 1. The summed E-state index contributed by atoms with van der Waals surface area (Å²) in [6.45, 7) is 5.07. The maximum Gasteiger partial charge on any atom is 0.128 e. The molecule has 0 amide bonds. The van der Waals surface area contributed by atoms with Gasteiger partial charge in [-0.25, -0.2) is 9.37 Å². The Labute approximate surface area is 116 Å². The number of hydrogen-bond donors (Lipinski definition) is 0. The van der Waals surface area contributed by atoms with Crippen molar-refractivity contribution in [1.29, 1.82) is 0 Å². The fourth-order valence-corrected chi connectivity index (χ4v) is 2.78. The standard InChI is InChI=1S/C14H16ClFN2O/c1-8-5-13-12(6-11(8)16)17-14(9(2)15)18(13)10-3-4-19-7-10/h5-6,9-10H,3-4,7H2,1-2H3. The zero-order valence-electron chi connectivity index (χ0n) is 11.0. The van der Waals surface area contributed by atoms with Gasteiger partial charge in [-0.1, -0.05) is 0 Å². The summed E-state index contributed by atoms with van der Waals surface area (Å²) < 4.78 is 21.2. The van der Waals surface area contributed by atoms with Crippen molar-refractivity contribution in [2.45, 2.75) is 31.7 Å². The van der Waals surface area contributed by atoms with Crippen LogP contribution in [-0.2, 0) is 4.74 Å². The smallest absolute Gasteiger partial charge is 0.128 e. The van der Waals surface area contributed by atoms with Crippen LogP contribution in [0.4, 0.5) is 4.39 Å². The zero-order valence-corrected chi connectivity index (χ0v) is 11.7. The topological polar surface area (TPSA) is 27.1 Å². The summed E-state index contributed by atoms with van der Waals surface area (Å²) in [7, 11) is 0. The van der Waals surface area contributed by atoms with E-state index in [9.17, 15) is 4.39 Å². The van der Waals surface area contributed by atoms with Crippen LogP contribution >= 0.6 is 11.6 Å². The predicted octanol–water partition coefficient (Wildman–Crippen LogP) is 3.75. The molecular weight excluding hydrogens is 267 g/mol. The number of alkyl halides is 1. The van der Waals surface area contributed by atoms with Crippen LogP contribution in [0.15, 0.2) is 12.1 Å². The van der Waals surface area contributed by atoms with Gasteiger partial charge in [-0.05, 0) is 31.9 Å². The van der Waals surface area contributed by atoms with Crippen LogP contribution in [-0.4, -0.2) is 22.8 Å². The third-order valence-corrected chi connectivity index (χ3v) is 3.82. The van der Waals surface area contributed by atoms with Crippen molar-refractivity contribution in [3.63, 3.8) is 0 Å². The molecule has 1 saturated heterocycles. The second-order valence-electron chi connectivity index (χ2n) is 5.06. The predicted molar refractivity (Wildman–Crippen MR) is 73.2 cm³/mol. The van der Waals surface area contributed by atoms with Crippen LogP contribution in [0.2, 0.25) is 0 Å². The van der Waals surface area contributed by atoms with Crippen LogP contribution in [0, 0.1) is 12.7 Å². The summed E-state index contributed by atoms with van der Waals surface area (Å²) >= 11 is 6.22.